The highest BCUT2D eigenvalue weighted by molar-refractivity contribution is 14.1. The Balaban J connectivity index is 0.000000312. The summed E-state index contributed by atoms with van der Waals surface area (Å²) < 4.78 is 19.5. The summed E-state index contributed by atoms with van der Waals surface area (Å²) in [5.41, 5.74) is 3.52. The molecule has 2 aromatic heterocycles. The summed E-state index contributed by atoms with van der Waals surface area (Å²) in [5, 5.41) is 0. The Labute approximate surface area is 290 Å². The fraction of sp³-hybridized carbons (Fsp3) is 0.176. The summed E-state index contributed by atoms with van der Waals surface area (Å²) in [5.74, 6) is 3.33. The van der Waals surface area contributed by atoms with E-state index in [4.69, 9.17) is 14.2 Å². The summed E-state index contributed by atoms with van der Waals surface area (Å²) in [6.45, 7) is 1.10. The molecular weight excluding hydrogens is 803 g/mol. The first-order chi connectivity index (χ1) is 20.0. The molecule has 0 fully saturated rings. The van der Waals surface area contributed by atoms with Gasteiger partial charge in [0.1, 0.15) is 28.2 Å². The van der Waals surface area contributed by atoms with E-state index in [2.05, 4.69) is 88.7 Å². The molecule has 0 aliphatic rings. The Morgan fingerprint density at radius 1 is 0.674 bits per heavy atom. The Morgan fingerprint density at radius 3 is 1.72 bits per heavy atom. The number of ether oxygens (including phenoxy) is 3. The van der Waals surface area contributed by atoms with E-state index in [1.807, 2.05) is 72.8 Å². The van der Waals surface area contributed by atoms with Crippen molar-refractivity contribution in [2.45, 2.75) is 38.7 Å². The first kappa shape index (κ1) is 36.6. The predicted molar refractivity (Wildman–Crippen MR) is 194 cm³/mol. The van der Waals surface area contributed by atoms with Crippen molar-refractivity contribution in [2.24, 2.45) is 0 Å². The first-order valence-electron chi connectivity index (χ1n) is 12.6. The normalized spacial score (nSPS) is 9.86. The molecule has 0 N–H and O–H groups in total. The van der Waals surface area contributed by atoms with Crippen LogP contribution in [0, 0.1) is 3.57 Å². The zero-order valence-electron chi connectivity index (χ0n) is 22.2. The molecule has 5 nitrogen and oxygen atoms in total. The minimum Gasteiger partial charge on any atom is -0.497 e. The average molecular weight is 838 g/mol. The van der Waals surface area contributed by atoms with Gasteiger partial charge in [-0.05, 0) is 95.4 Å². The number of rotatable bonds is 10. The van der Waals surface area contributed by atoms with E-state index in [1.54, 1.807) is 31.3 Å². The maximum atomic E-state index is 5.98. The third kappa shape index (κ3) is 12.5. The zero-order chi connectivity index (χ0) is 28.9. The van der Waals surface area contributed by atoms with Crippen molar-refractivity contribution in [1.29, 1.82) is 0 Å². The lowest BCUT2D eigenvalue weighted by molar-refractivity contribution is 0.297. The monoisotopic (exact) mass is 836 g/mol. The van der Waals surface area contributed by atoms with Gasteiger partial charge in [0.05, 0.1) is 28.0 Å². The lowest BCUT2D eigenvalue weighted by atomic mass is 10.2. The van der Waals surface area contributed by atoms with Gasteiger partial charge in [0.2, 0.25) is 0 Å². The quantitative estimate of drug-likeness (QED) is 0.0793. The molecule has 0 bridgehead atoms. The van der Waals surface area contributed by atoms with Crippen LogP contribution in [0.15, 0.2) is 124 Å². The first-order valence-corrected chi connectivity index (χ1v) is 16.2. The van der Waals surface area contributed by atoms with Crippen molar-refractivity contribution in [1.82, 2.24) is 9.97 Å². The molecular formula is C34H35Br2IN2O3S. The van der Waals surface area contributed by atoms with Crippen LogP contribution in [0.4, 0.5) is 0 Å². The number of benzene rings is 3. The van der Waals surface area contributed by atoms with E-state index < -0.39 is 0 Å². The summed E-state index contributed by atoms with van der Waals surface area (Å²) in [6.07, 6.45) is 3.50. The van der Waals surface area contributed by atoms with E-state index in [0.717, 1.165) is 51.8 Å². The van der Waals surface area contributed by atoms with Gasteiger partial charge >= 0.3 is 0 Å². The fourth-order valence-corrected chi connectivity index (χ4v) is 6.27. The second-order valence-corrected chi connectivity index (χ2v) is 12.4. The zero-order valence-corrected chi connectivity index (χ0v) is 28.3. The smallest absolute Gasteiger partial charge is 0.151 e. The van der Waals surface area contributed by atoms with Crippen LogP contribution in [-0.2, 0) is 19.0 Å². The molecule has 0 radical (unpaired) electrons. The summed E-state index contributed by atoms with van der Waals surface area (Å²) in [4.78, 5) is 9.49. The highest BCUT2D eigenvalue weighted by atomic mass is 127. The highest BCUT2D eigenvalue weighted by Crippen LogP contribution is 2.33. The van der Waals surface area contributed by atoms with Crippen molar-refractivity contribution in [2.75, 3.05) is 7.11 Å². The number of methoxy groups -OCH3 is 1. The van der Waals surface area contributed by atoms with Gasteiger partial charge < -0.3 is 14.2 Å². The molecule has 0 amide bonds. The van der Waals surface area contributed by atoms with Crippen LogP contribution in [0.1, 0.15) is 31.5 Å². The molecule has 5 aromatic rings. The average Bonchev–Trinajstić information content (AvgIpc) is 3.01. The lowest BCUT2D eigenvalue weighted by Gasteiger charge is -2.11. The number of thioether (sulfide) groups is 1. The van der Waals surface area contributed by atoms with Gasteiger partial charge in [-0.1, -0.05) is 87.6 Å². The standard InChI is InChI=1S/C20H18BrNO2S.C12H9BrINO.2CH4/c1-23-17-9-7-16(8-10-17)14-25-19-11-20(21)22-12-18(19)24-13-15-5-3-2-4-6-15;13-12-6-10(14)11(7-15-12)16-8-9-4-2-1-3-5-9;;/h2-12H,13-14H2,1H3;1-7H,8H2;2*1H4. The van der Waals surface area contributed by atoms with Crippen LogP contribution in [-0.4, -0.2) is 17.1 Å². The number of aromatic nitrogens is 2. The number of nitrogens with zero attached hydrogens (tertiary/aromatic N) is 2. The van der Waals surface area contributed by atoms with Crippen LogP contribution in [0.3, 0.4) is 0 Å². The third-order valence-corrected chi connectivity index (χ3v) is 8.43. The van der Waals surface area contributed by atoms with Crippen molar-refractivity contribution in [3.63, 3.8) is 0 Å². The van der Waals surface area contributed by atoms with Gasteiger partial charge in [0.15, 0.2) is 11.5 Å². The van der Waals surface area contributed by atoms with Gasteiger partial charge in [-0.25, -0.2) is 9.97 Å². The molecule has 2 heterocycles. The molecule has 0 saturated carbocycles. The fourth-order valence-electron chi connectivity index (χ4n) is 3.48. The molecule has 0 saturated heterocycles. The maximum absolute atomic E-state index is 5.98. The second-order valence-electron chi connectivity index (χ2n) is 8.58. The number of hydrogen-bond donors (Lipinski definition) is 0. The van der Waals surface area contributed by atoms with E-state index in [-0.39, 0.29) is 14.9 Å². The predicted octanol–water partition coefficient (Wildman–Crippen LogP) is 11.0. The molecule has 5 rings (SSSR count). The van der Waals surface area contributed by atoms with Crippen molar-refractivity contribution >= 4 is 66.2 Å². The van der Waals surface area contributed by atoms with Gasteiger partial charge in [-0.15, -0.1) is 11.8 Å². The highest BCUT2D eigenvalue weighted by Gasteiger charge is 2.08. The SMILES string of the molecule is Brc1cc(I)c(OCc2ccccc2)cn1.C.C.COc1ccc(CSc2cc(Br)ncc2OCc2ccccc2)cc1. The largest absolute Gasteiger partial charge is 0.497 e. The Morgan fingerprint density at radius 2 is 1.19 bits per heavy atom. The lowest BCUT2D eigenvalue weighted by Crippen LogP contribution is -1.97. The molecule has 226 valence electrons. The van der Waals surface area contributed by atoms with Crippen LogP contribution < -0.4 is 14.2 Å². The van der Waals surface area contributed by atoms with E-state index in [1.165, 1.54) is 5.56 Å². The van der Waals surface area contributed by atoms with Crippen LogP contribution >= 0.6 is 66.2 Å². The van der Waals surface area contributed by atoms with Gasteiger partial charge in [0.25, 0.3) is 0 Å². The minimum atomic E-state index is 0. The van der Waals surface area contributed by atoms with Crippen molar-refractivity contribution in [3.05, 3.63) is 139 Å². The van der Waals surface area contributed by atoms with E-state index >= 15 is 0 Å². The molecule has 9 heteroatoms. The van der Waals surface area contributed by atoms with Crippen LogP contribution in [0.2, 0.25) is 0 Å². The molecule has 0 atom stereocenters. The minimum absolute atomic E-state index is 0. The second kappa shape index (κ2) is 19.6. The molecule has 3 aromatic carbocycles. The van der Waals surface area contributed by atoms with Gasteiger partial charge in [0, 0.05) is 5.75 Å². The number of halogens is 3. The Kier molecular flexibility index (Phi) is 16.7. The van der Waals surface area contributed by atoms with Crippen molar-refractivity contribution in [3.8, 4) is 17.2 Å². The molecule has 0 spiro atoms. The topological polar surface area (TPSA) is 53.5 Å². The maximum Gasteiger partial charge on any atom is 0.151 e. The van der Waals surface area contributed by atoms with Gasteiger partial charge in [-0.3, -0.25) is 0 Å². The Hall–Kier alpha value is -2.60. The summed E-state index contributed by atoms with van der Waals surface area (Å²) in [6, 6.07) is 32.2. The molecule has 0 aliphatic carbocycles. The van der Waals surface area contributed by atoms with E-state index in [9.17, 15) is 0 Å². The van der Waals surface area contributed by atoms with E-state index in [0.29, 0.717) is 13.2 Å². The molecule has 43 heavy (non-hydrogen) atoms. The van der Waals surface area contributed by atoms with Gasteiger partial charge in [-0.2, -0.15) is 0 Å². The molecule has 0 aliphatic heterocycles. The third-order valence-electron chi connectivity index (χ3n) is 5.61. The number of pyridine rings is 2. The van der Waals surface area contributed by atoms with Crippen LogP contribution in [0.5, 0.6) is 17.2 Å². The Bertz CT molecular complexity index is 1510. The number of hydrogen-bond acceptors (Lipinski definition) is 6. The van der Waals surface area contributed by atoms with Crippen LogP contribution in [0.25, 0.3) is 0 Å². The summed E-state index contributed by atoms with van der Waals surface area (Å²) >= 11 is 10.7. The summed E-state index contributed by atoms with van der Waals surface area (Å²) in [7, 11) is 1.68. The van der Waals surface area contributed by atoms with Crippen molar-refractivity contribution < 1.29 is 14.2 Å². The molecule has 0 unspecified atom stereocenters.